The fraction of sp³-hybridized carbons (Fsp3) is 0. The van der Waals surface area contributed by atoms with Crippen molar-refractivity contribution in [2.24, 2.45) is 0 Å². The lowest BCUT2D eigenvalue weighted by molar-refractivity contribution is -0.384. The van der Waals surface area contributed by atoms with E-state index in [1.54, 1.807) is 30.4 Å². The lowest BCUT2D eigenvalue weighted by atomic mass is 10.2. The highest BCUT2D eigenvalue weighted by molar-refractivity contribution is 8.26. The van der Waals surface area contributed by atoms with Crippen LogP contribution in [-0.4, -0.2) is 15.2 Å². The minimum atomic E-state index is -0.448. The number of nitrogens with one attached hydrogen (secondary N) is 1. The summed E-state index contributed by atoms with van der Waals surface area (Å²) in [6.45, 7) is 0. The van der Waals surface area contributed by atoms with Gasteiger partial charge in [0.2, 0.25) is 0 Å². The van der Waals surface area contributed by atoms with Gasteiger partial charge in [0.25, 0.3) is 11.6 Å². The highest BCUT2D eigenvalue weighted by Crippen LogP contribution is 2.23. The molecule has 0 aliphatic carbocycles. The summed E-state index contributed by atoms with van der Waals surface area (Å²) in [6, 6.07) is 6.14. The molecule has 1 aromatic carbocycles. The average molecular weight is 292 g/mol. The molecule has 7 heteroatoms. The van der Waals surface area contributed by atoms with Gasteiger partial charge in [0.05, 0.1) is 9.83 Å². The molecule has 1 amide bonds. The maximum atomic E-state index is 11.4. The number of nitro benzene ring substituents is 1. The predicted octanol–water partition coefficient (Wildman–Crippen LogP) is 2.64. The molecule has 1 heterocycles. The molecule has 1 aliphatic rings. The van der Waals surface area contributed by atoms with Crippen LogP contribution < -0.4 is 5.32 Å². The smallest absolute Gasteiger partial charge is 0.269 e. The Balaban J connectivity index is 2.07. The van der Waals surface area contributed by atoms with Crippen LogP contribution in [0.1, 0.15) is 5.56 Å². The van der Waals surface area contributed by atoms with Crippen molar-refractivity contribution in [1.82, 2.24) is 5.32 Å². The van der Waals surface area contributed by atoms with Crippen LogP contribution in [0.4, 0.5) is 5.69 Å². The third-order valence-corrected chi connectivity index (χ3v) is 3.46. The molecule has 0 aromatic heterocycles. The minimum Gasteiger partial charge on any atom is -0.307 e. The number of non-ortho nitro benzene ring substituents is 1. The normalized spacial score (nSPS) is 17.2. The van der Waals surface area contributed by atoms with Crippen molar-refractivity contribution in [1.29, 1.82) is 0 Å². The van der Waals surface area contributed by atoms with E-state index in [0.29, 0.717) is 9.23 Å². The number of benzene rings is 1. The summed E-state index contributed by atoms with van der Waals surface area (Å²) >= 11 is 6.06. The highest BCUT2D eigenvalue weighted by atomic mass is 32.2. The summed E-state index contributed by atoms with van der Waals surface area (Å²) in [4.78, 5) is 21.9. The number of amides is 1. The van der Waals surface area contributed by atoms with E-state index in [9.17, 15) is 14.9 Å². The van der Waals surface area contributed by atoms with Crippen LogP contribution in [-0.2, 0) is 4.79 Å². The second kappa shape index (κ2) is 5.77. The molecule has 1 saturated heterocycles. The Morgan fingerprint density at radius 2 is 2.00 bits per heavy atom. The monoisotopic (exact) mass is 292 g/mol. The van der Waals surface area contributed by atoms with E-state index in [4.69, 9.17) is 12.2 Å². The molecule has 0 atom stereocenters. The van der Waals surface area contributed by atoms with Crippen molar-refractivity contribution in [3.63, 3.8) is 0 Å². The van der Waals surface area contributed by atoms with Gasteiger partial charge in [0.15, 0.2) is 0 Å². The zero-order valence-corrected chi connectivity index (χ0v) is 11.2. The second-order valence-electron chi connectivity index (χ2n) is 3.58. The van der Waals surface area contributed by atoms with Crippen LogP contribution in [0.3, 0.4) is 0 Å². The summed E-state index contributed by atoms with van der Waals surface area (Å²) in [5.41, 5.74) is 0.861. The molecule has 0 bridgehead atoms. The fourth-order valence-corrected chi connectivity index (χ4v) is 2.39. The summed E-state index contributed by atoms with van der Waals surface area (Å²) in [6.07, 6.45) is 5.11. The van der Waals surface area contributed by atoms with Gasteiger partial charge in [-0.15, -0.1) is 0 Å². The van der Waals surface area contributed by atoms with Gasteiger partial charge in [-0.05, 0) is 23.8 Å². The molecule has 5 nitrogen and oxygen atoms in total. The molecule has 19 heavy (non-hydrogen) atoms. The van der Waals surface area contributed by atoms with Crippen molar-refractivity contribution in [3.8, 4) is 0 Å². The van der Waals surface area contributed by atoms with Gasteiger partial charge in [-0.1, -0.05) is 36.1 Å². The van der Waals surface area contributed by atoms with Crippen LogP contribution in [0.25, 0.3) is 6.08 Å². The fourth-order valence-electron chi connectivity index (χ4n) is 1.39. The number of thiocarbonyl (C=S) groups is 1. The first-order chi connectivity index (χ1) is 9.06. The molecule has 0 spiro atoms. The van der Waals surface area contributed by atoms with Gasteiger partial charge in [-0.3, -0.25) is 14.9 Å². The third-order valence-electron chi connectivity index (χ3n) is 2.28. The molecule has 96 valence electrons. The number of hydrogen-bond donors (Lipinski definition) is 1. The predicted molar refractivity (Wildman–Crippen MR) is 78.5 cm³/mol. The number of nitrogens with zero attached hydrogens (tertiary/aromatic N) is 1. The Morgan fingerprint density at radius 3 is 2.53 bits per heavy atom. The first-order valence-corrected chi connectivity index (χ1v) is 6.45. The van der Waals surface area contributed by atoms with Gasteiger partial charge in [0, 0.05) is 12.1 Å². The number of hydrogen-bond acceptors (Lipinski definition) is 5. The summed E-state index contributed by atoms with van der Waals surface area (Å²) < 4.78 is 0.444. The Bertz CT molecular complexity index is 606. The van der Waals surface area contributed by atoms with E-state index in [-0.39, 0.29) is 11.6 Å². The zero-order valence-electron chi connectivity index (χ0n) is 9.53. The van der Waals surface area contributed by atoms with E-state index < -0.39 is 4.92 Å². The first-order valence-electron chi connectivity index (χ1n) is 5.22. The van der Waals surface area contributed by atoms with Crippen LogP contribution in [0.15, 0.2) is 41.3 Å². The molecule has 1 aromatic rings. The number of carbonyl (C=O) groups is 1. The number of thioether (sulfide) groups is 1. The van der Waals surface area contributed by atoms with E-state index in [1.165, 1.54) is 23.9 Å². The molecular formula is C12H8N2O3S2. The standard InChI is InChI=1S/C12H8N2O3S2/c15-11-10(19-12(18)13-11)3-1-2-8-4-6-9(7-5-8)14(16)17/h1-7H,(H,13,15,18)/b2-1+,10-3+. The van der Waals surface area contributed by atoms with Gasteiger partial charge < -0.3 is 5.32 Å². The SMILES string of the molecule is O=C1NC(=S)S/C1=C/C=C/c1ccc([N+](=O)[O-])cc1. The van der Waals surface area contributed by atoms with E-state index in [0.717, 1.165) is 5.56 Å². The van der Waals surface area contributed by atoms with E-state index in [2.05, 4.69) is 5.32 Å². The summed E-state index contributed by atoms with van der Waals surface area (Å²) in [5, 5.41) is 13.0. The Labute approximate surface area is 118 Å². The number of nitro groups is 1. The van der Waals surface area contributed by atoms with Gasteiger partial charge in [0.1, 0.15) is 4.32 Å². The highest BCUT2D eigenvalue weighted by Gasteiger charge is 2.20. The van der Waals surface area contributed by atoms with Crippen molar-refractivity contribution in [2.45, 2.75) is 0 Å². The van der Waals surface area contributed by atoms with Crippen molar-refractivity contribution < 1.29 is 9.72 Å². The van der Waals surface area contributed by atoms with Crippen LogP contribution in [0, 0.1) is 10.1 Å². The van der Waals surface area contributed by atoms with Gasteiger partial charge in [-0.2, -0.15) is 0 Å². The average Bonchev–Trinajstić information content (AvgIpc) is 2.68. The second-order valence-corrected chi connectivity index (χ2v) is 5.30. The number of allylic oxidation sites excluding steroid dienone is 2. The Morgan fingerprint density at radius 1 is 1.32 bits per heavy atom. The van der Waals surface area contributed by atoms with Crippen LogP contribution in [0.5, 0.6) is 0 Å². The molecular weight excluding hydrogens is 284 g/mol. The lowest BCUT2D eigenvalue weighted by Gasteiger charge is -1.93. The van der Waals surface area contributed by atoms with Gasteiger partial charge >= 0.3 is 0 Å². The Kier molecular flexibility index (Phi) is 4.08. The molecule has 0 radical (unpaired) electrons. The molecule has 1 N–H and O–H groups in total. The summed E-state index contributed by atoms with van der Waals surface area (Å²) in [7, 11) is 0. The molecule has 0 unspecified atom stereocenters. The Hall–Kier alpha value is -1.99. The summed E-state index contributed by atoms with van der Waals surface area (Å²) in [5.74, 6) is -0.205. The third kappa shape index (κ3) is 3.49. The van der Waals surface area contributed by atoms with Crippen LogP contribution >= 0.6 is 24.0 Å². The topological polar surface area (TPSA) is 72.2 Å². The maximum Gasteiger partial charge on any atom is 0.269 e. The van der Waals surface area contributed by atoms with Crippen molar-refractivity contribution in [2.75, 3.05) is 0 Å². The zero-order chi connectivity index (χ0) is 13.8. The molecule has 1 fully saturated rings. The number of rotatable bonds is 3. The van der Waals surface area contributed by atoms with Crippen LogP contribution in [0.2, 0.25) is 0 Å². The largest absolute Gasteiger partial charge is 0.307 e. The maximum absolute atomic E-state index is 11.4. The quantitative estimate of drug-likeness (QED) is 0.401. The van der Waals surface area contributed by atoms with Crippen molar-refractivity contribution >= 4 is 46.0 Å². The molecule has 0 saturated carbocycles. The molecule has 1 aliphatic heterocycles. The minimum absolute atomic E-state index is 0.0478. The number of carbonyl (C=O) groups excluding carboxylic acids is 1. The molecule has 2 rings (SSSR count). The van der Waals surface area contributed by atoms with Crippen molar-refractivity contribution in [3.05, 3.63) is 57.0 Å². The lowest BCUT2D eigenvalue weighted by Crippen LogP contribution is -2.17. The first kappa shape index (κ1) is 13.4. The van der Waals surface area contributed by atoms with E-state index >= 15 is 0 Å². The van der Waals surface area contributed by atoms with Gasteiger partial charge in [-0.25, -0.2) is 0 Å². The van der Waals surface area contributed by atoms with E-state index in [1.807, 2.05) is 0 Å².